The van der Waals surface area contributed by atoms with Gasteiger partial charge in [-0.05, 0) is 49.6 Å². The first-order valence-electron chi connectivity index (χ1n) is 8.99. The molecule has 2 unspecified atom stereocenters. The molecule has 144 valence electrons. The predicted octanol–water partition coefficient (Wildman–Crippen LogP) is 3.62. The number of hydrogen-bond acceptors (Lipinski definition) is 3. The van der Waals surface area contributed by atoms with E-state index >= 15 is 0 Å². The topological polar surface area (TPSA) is 66.5 Å². The normalized spacial score (nSPS) is 19.4. The molecule has 0 spiro atoms. The molecule has 0 bridgehead atoms. The van der Waals surface area contributed by atoms with Crippen molar-refractivity contribution in [1.29, 1.82) is 0 Å². The summed E-state index contributed by atoms with van der Waals surface area (Å²) >= 11 is 5.85. The van der Waals surface area contributed by atoms with Gasteiger partial charge in [0, 0.05) is 18.1 Å². The number of carbonyl (C=O) groups is 1. The van der Waals surface area contributed by atoms with Crippen molar-refractivity contribution in [3.8, 4) is 0 Å². The summed E-state index contributed by atoms with van der Waals surface area (Å²) in [7, 11) is -3.63. The number of carbonyl (C=O) groups excluding carboxylic acids is 1. The third-order valence-electron chi connectivity index (χ3n) is 4.86. The lowest BCUT2D eigenvalue weighted by molar-refractivity contribution is -0.126. The molecule has 1 saturated heterocycles. The summed E-state index contributed by atoms with van der Waals surface area (Å²) in [4.78, 5) is 12.9. The van der Waals surface area contributed by atoms with Crippen molar-refractivity contribution in [3.63, 3.8) is 0 Å². The van der Waals surface area contributed by atoms with Crippen LogP contribution in [-0.4, -0.2) is 31.7 Å². The fourth-order valence-corrected chi connectivity index (χ4v) is 4.94. The van der Waals surface area contributed by atoms with E-state index in [4.69, 9.17) is 11.6 Å². The van der Waals surface area contributed by atoms with Gasteiger partial charge in [-0.3, -0.25) is 4.79 Å². The molecule has 0 aromatic heterocycles. The average Bonchev–Trinajstić information content (AvgIpc) is 2.69. The Hall–Kier alpha value is -1.89. The molecule has 1 aliphatic heterocycles. The summed E-state index contributed by atoms with van der Waals surface area (Å²) in [5, 5.41) is 3.49. The molecule has 7 heteroatoms. The van der Waals surface area contributed by atoms with Crippen molar-refractivity contribution in [3.05, 3.63) is 65.2 Å². The second-order valence-electron chi connectivity index (χ2n) is 6.80. The van der Waals surface area contributed by atoms with Gasteiger partial charge in [0.25, 0.3) is 0 Å². The van der Waals surface area contributed by atoms with Gasteiger partial charge >= 0.3 is 0 Å². The molecule has 0 aliphatic carbocycles. The lowest BCUT2D eigenvalue weighted by atomic mass is 9.98. The molecule has 1 amide bonds. The van der Waals surface area contributed by atoms with E-state index < -0.39 is 10.0 Å². The molecule has 5 nitrogen and oxygen atoms in total. The Labute approximate surface area is 165 Å². The fraction of sp³-hybridized carbons (Fsp3) is 0.350. The highest BCUT2D eigenvalue weighted by atomic mass is 35.5. The minimum Gasteiger partial charge on any atom is -0.349 e. The Kier molecular flexibility index (Phi) is 6.19. The maximum absolute atomic E-state index is 12.9. The molecule has 0 radical (unpaired) electrons. The third-order valence-corrected chi connectivity index (χ3v) is 7.00. The Balaban J connectivity index is 1.68. The number of benzene rings is 2. The zero-order valence-corrected chi connectivity index (χ0v) is 16.7. The van der Waals surface area contributed by atoms with Gasteiger partial charge in [0.15, 0.2) is 0 Å². The number of nitrogens with zero attached hydrogens (tertiary/aromatic N) is 1. The number of nitrogens with one attached hydrogen (secondary N) is 1. The number of rotatable bonds is 5. The zero-order valence-electron chi connectivity index (χ0n) is 15.1. The summed E-state index contributed by atoms with van der Waals surface area (Å²) < 4.78 is 27.1. The van der Waals surface area contributed by atoms with E-state index in [1.54, 1.807) is 12.1 Å². The predicted molar refractivity (Wildman–Crippen MR) is 106 cm³/mol. The van der Waals surface area contributed by atoms with Crippen LogP contribution in [-0.2, 0) is 14.8 Å². The monoisotopic (exact) mass is 406 g/mol. The van der Waals surface area contributed by atoms with Crippen LogP contribution in [0.4, 0.5) is 0 Å². The Morgan fingerprint density at radius 3 is 2.48 bits per heavy atom. The maximum atomic E-state index is 12.9. The van der Waals surface area contributed by atoms with Crippen molar-refractivity contribution < 1.29 is 13.2 Å². The summed E-state index contributed by atoms with van der Waals surface area (Å²) in [5.41, 5.74) is 1.02. The first-order valence-corrected chi connectivity index (χ1v) is 10.8. The van der Waals surface area contributed by atoms with E-state index in [0.29, 0.717) is 24.4 Å². The highest BCUT2D eigenvalue weighted by Crippen LogP contribution is 2.25. The van der Waals surface area contributed by atoms with E-state index in [9.17, 15) is 13.2 Å². The van der Waals surface area contributed by atoms with Gasteiger partial charge in [0.2, 0.25) is 15.9 Å². The maximum Gasteiger partial charge on any atom is 0.243 e. The van der Waals surface area contributed by atoms with Crippen LogP contribution >= 0.6 is 11.6 Å². The Bertz CT molecular complexity index is 885. The molecule has 1 N–H and O–H groups in total. The summed E-state index contributed by atoms with van der Waals surface area (Å²) in [6.07, 6.45) is 1.34. The van der Waals surface area contributed by atoms with E-state index in [-0.39, 0.29) is 29.3 Å². The SMILES string of the molecule is CC(NC(=O)C1CCCN(S(=O)(=O)c2ccc(Cl)cc2)C1)c1ccccc1. The molecule has 1 heterocycles. The second-order valence-corrected chi connectivity index (χ2v) is 9.17. The summed E-state index contributed by atoms with van der Waals surface area (Å²) in [6.45, 7) is 2.54. The van der Waals surface area contributed by atoms with Crippen molar-refractivity contribution in [2.75, 3.05) is 13.1 Å². The van der Waals surface area contributed by atoms with Gasteiger partial charge in [0.05, 0.1) is 16.9 Å². The number of amides is 1. The number of sulfonamides is 1. The molecular formula is C20H23ClN2O3S. The first kappa shape index (κ1) is 19.9. The first-order chi connectivity index (χ1) is 12.9. The van der Waals surface area contributed by atoms with Gasteiger partial charge in [0.1, 0.15) is 0 Å². The Morgan fingerprint density at radius 2 is 1.81 bits per heavy atom. The highest BCUT2D eigenvalue weighted by Gasteiger charge is 2.33. The van der Waals surface area contributed by atoms with E-state index in [0.717, 1.165) is 5.56 Å². The summed E-state index contributed by atoms with van der Waals surface area (Å²) in [5.74, 6) is -0.464. The van der Waals surface area contributed by atoms with Crippen molar-refractivity contribution in [2.24, 2.45) is 5.92 Å². The van der Waals surface area contributed by atoms with Crippen molar-refractivity contribution in [2.45, 2.75) is 30.7 Å². The van der Waals surface area contributed by atoms with E-state index in [1.807, 2.05) is 37.3 Å². The Morgan fingerprint density at radius 1 is 1.15 bits per heavy atom. The minimum atomic E-state index is -3.63. The second kappa shape index (κ2) is 8.42. The van der Waals surface area contributed by atoms with Crippen molar-refractivity contribution >= 4 is 27.5 Å². The van der Waals surface area contributed by atoms with Crippen LogP contribution < -0.4 is 5.32 Å². The van der Waals surface area contributed by atoms with Gasteiger partial charge in [-0.25, -0.2) is 8.42 Å². The summed E-state index contributed by atoms with van der Waals surface area (Å²) in [6, 6.07) is 15.7. The van der Waals surface area contributed by atoms with Gasteiger partial charge in [-0.1, -0.05) is 41.9 Å². The van der Waals surface area contributed by atoms with Crippen LogP contribution in [0.25, 0.3) is 0 Å². The molecular weight excluding hydrogens is 384 g/mol. The third kappa shape index (κ3) is 4.69. The van der Waals surface area contributed by atoms with Gasteiger partial charge in [-0.15, -0.1) is 0 Å². The molecule has 1 aliphatic rings. The van der Waals surface area contributed by atoms with Crippen LogP contribution in [0, 0.1) is 5.92 Å². The minimum absolute atomic E-state index is 0.109. The van der Waals surface area contributed by atoms with Crippen LogP contribution in [0.1, 0.15) is 31.4 Å². The smallest absolute Gasteiger partial charge is 0.243 e. The molecule has 2 atom stereocenters. The van der Waals surface area contributed by atoms with Crippen LogP contribution in [0.15, 0.2) is 59.5 Å². The lowest BCUT2D eigenvalue weighted by Crippen LogP contribution is -2.45. The van der Waals surface area contributed by atoms with Crippen LogP contribution in [0.3, 0.4) is 0 Å². The number of halogens is 1. The van der Waals surface area contributed by atoms with Crippen LogP contribution in [0.5, 0.6) is 0 Å². The quantitative estimate of drug-likeness (QED) is 0.824. The van der Waals surface area contributed by atoms with E-state index in [2.05, 4.69) is 5.32 Å². The van der Waals surface area contributed by atoms with Crippen LogP contribution in [0.2, 0.25) is 5.02 Å². The molecule has 1 fully saturated rings. The van der Waals surface area contributed by atoms with E-state index in [1.165, 1.54) is 16.4 Å². The number of piperidine rings is 1. The zero-order chi connectivity index (χ0) is 19.4. The number of hydrogen-bond donors (Lipinski definition) is 1. The fourth-order valence-electron chi connectivity index (χ4n) is 3.29. The highest BCUT2D eigenvalue weighted by molar-refractivity contribution is 7.89. The molecule has 2 aromatic carbocycles. The standard InChI is InChI=1S/C20H23ClN2O3S/c1-15(16-6-3-2-4-7-16)22-20(24)17-8-5-13-23(14-17)27(25,26)19-11-9-18(21)10-12-19/h2-4,6-7,9-12,15,17H,5,8,13-14H2,1H3,(H,22,24). The van der Waals surface area contributed by atoms with Gasteiger partial charge in [-0.2, -0.15) is 4.31 Å². The molecule has 0 saturated carbocycles. The largest absolute Gasteiger partial charge is 0.349 e. The van der Waals surface area contributed by atoms with Gasteiger partial charge < -0.3 is 5.32 Å². The lowest BCUT2D eigenvalue weighted by Gasteiger charge is -2.32. The molecule has 3 rings (SSSR count). The average molecular weight is 407 g/mol. The molecule has 2 aromatic rings. The molecule has 27 heavy (non-hydrogen) atoms. The van der Waals surface area contributed by atoms with Crippen molar-refractivity contribution in [1.82, 2.24) is 9.62 Å².